The molecule has 1 N–H and O–H groups in total. The number of hydrogen-bond donors (Lipinski definition) is 1. The van der Waals surface area contributed by atoms with Crippen LogP contribution in [-0.4, -0.2) is 25.3 Å². The molecule has 1 heterocycles. The van der Waals surface area contributed by atoms with Gasteiger partial charge in [-0.25, -0.2) is 0 Å². The first-order valence-electron chi connectivity index (χ1n) is 7.18. The number of unbranched alkanes of at least 4 members (excludes halogenated alkanes) is 5. The van der Waals surface area contributed by atoms with Crippen LogP contribution in [0.5, 0.6) is 0 Å². The van der Waals surface area contributed by atoms with Crippen molar-refractivity contribution in [1.82, 2.24) is 5.32 Å². The highest BCUT2D eigenvalue weighted by Gasteiger charge is 2.17. The standard InChI is InChI=1S/C14H29NO/c1-3-4-5-6-7-8-11-16-14-9-10-15-13(2)12-14/h13-15H,3-12H2,1-2H3. The maximum atomic E-state index is 5.92. The van der Waals surface area contributed by atoms with Gasteiger partial charge in [-0.3, -0.25) is 0 Å². The molecule has 0 spiro atoms. The first-order chi connectivity index (χ1) is 7.83. The molecule has 2 atom stereocenters. The lowest BCUT2D eigenvalue weighted by Crippen LogP contribution is -2.39. The maximum Gasteiger partial charge on any atom is 0.0602 e. The van der Waals surface area contributed by atoms with Gasteiger partial charge < -0.3 is 10.1 Å². The highest BCUT2D eigenvalue weighted by Crippen LogP contribution is 2.13. The van der Waals surface area contributed by atoms with Crippen LogP contribution in [0.25, 0.3) is 0 Å². The monoisotopic (exact) mass is 227 g/mol. The molecule has 2 unspecified atom stereocenters. The first-order valence-corrected chi connectivity index (χ1v) is 7.18. The van der Waals surface area contributed by atoms with Crippen LogP contribution in [-0.2, 0) is 4.74 Å². The van der Waals surface area contributed by atoms with E-state index in [0.717, 1.165) is 13.2 Å². The quantitative estimate of drug-likeness (QED) is 0.641. The van der Waals surface area contributed by atoms with E-state index in [4.69, 9.17) is 4.74 Å². The van der Waals surface area contributed by atoms with Gasteiger partial charge in [0.25, 0.3) is 0 Å². The Hall–Kier alpha value is -0.0800. The van der Waals surface area contributed by atoms with Gasteiger partial charge in [-0.05, 0) is 32.7 Å². The third kappa shape index (κ3) is 6.49. The number of nitrogens with one attached hydrogen (secondary N) is 1. The summed E-state index contributed by atoms with van der Waals surface area (Å²) >= 11 is 0. The summed E-state index contributed by atoms with van der Waals surface area (Å²) in [6.07, 6.45) is 11.0. The smallest absolute Gasteiger partial charge is 0.0602 e. The lowest BCUT2D eigenvalue weighted by molar-refractivity contribution is 0.0219. The van der Waals surface area contributed by atoms with Crippen LogP contribution < -0.4 is 5.32 Å². The number of rotatable bonds is 8. The molecule has 16 heavy (non-hydrogen) atoms. The molecule has 1 fully saturated rings. The summed E-state index contributed by atoms with van der Waals surface area (Å²) in [5.74, 6) is 0. The van der Waals surface area contributed by atoms with Crippen molar-refractivity contribution in [3.05, 3.63) is 0 Å². The van der Waals surface area contributed by atoms with E-state index >= 15 is 0 Å². The van der Waals surface area contributed by atoms with Crippen LogP contribution in [0.15, 0.2) is 0 Å². The molecular weight excluding hydrogens is 198 g/mol. The van der Waals surface area contributed by atoms with E-state index in [1.54, 1.807) is 0 Å². The minimum absolute atomic E-state index is 0.520. The molecule has 0 amide bonds. The summed E-state index contributed by atoms with van der Waals surface area (Å²) in [6.45, 7) is 6.62. The normalized spacial score (nSPS) is 25.9. The Morgan fingerprint density at radius 3 is 2.62 bits per heavy atom. The first kappa shape index (κ1) is 14.0. The summed E-state index contributed by atoms with van der Waals surface area (Å²) in [5.41, 5.74) is 0. The Kier molecular flexibility index (Phi) is 7.87. The summed E-state index contributed by atoms with van der Waals surface area (Å²) in [6, 6.07) is 0.642. The van der Waals surface area contributed by atoms with E-state index in [-0.39, 0.29) is 0 Å². The van der Waals surface area contributed by atoms with Gasteiger partial charge in [-0.15, -0.1) is 0 Å². The molecule has 2 heteroatoms. The van der Waals surface area contributed by atoms with Gasteiger partial charge in [0.2, 0.25) is 0 Å². The van der Waals surface area contributed by atoms with Crippen molar-refractivity contribution < 1.29 is 4.74 Å². The molecule has 1 aliphatic rings. The summed E-state index contributed by atoms with van der Waals surface area (Å²) in [4.78, 5) is 0. The molecule has 0 radical (unpaired) electrons. The molecule has 2 nitrogen and oxygen atoms in total. The van der Waals surface area contributed by atoms with Crippen LogP contribution in [0.3, 0.4) is 0 Å². The average molecular weight is 227 g/mol. The van der Waals surface area contributed by atoms with Crippen molar-refractivity contribution in [1.29, 1.82) is 0 Å². The fourth-order valence-corrected chi connectivity index (χ4v) is 2.37. The van der Waals surface area contributed by atoms with E-state index in [9.17, 15) is 0 Å². The Balaban J connectivity index is 1.86. The van der Waals surface area contributed by atoms with Crippen molar-refractivity contribution in [2.45, 2.75) is 77.4 Å². The van der Waals surface area contributed by atoms with E-state index in [1.165, 1.54) is 51.4 Å². The Labute approximate surface area is 101 Å². The second-order valence-electron chi connectivity index (χ2n) is 5.14. The van der Waals surface area contributed by atoms with E-state index in [2.05, 4.69) is 19.2 Å². The average Bonchev–Trinajstić information content (AvgIpc) is 2.28. The minimum atomic E-state index is 0.520. The molecule has 0 saturated carbocycles. The highest BCUT2D eigenvalue weighted by atomic mass is 16.5. The second-order valence-corrected chi connectivity index (χ2v) is 5.14. The summed E-state index contributed by atoms with van der Waals surface area (Å²) in [5, 5.41) is 3.46. The number of piperidine rings is 1. The minimum Gasteiger partial charge on any atom is -0.378 e. The Morgan fingerprint density at radius 1 is 1.12 bits per heavy atom. The van der Waals surface area contributed by atoms with Crippen LogP contribution in [0, 0.1) is 0 Å². The Morgan fingerprint density at radius 2 is 1.88 bits per heavy atom. The predicted octanol–water partition coefficient (Wildman–Crippen LogP) is 3.50. The third-order valence-corrected chi connectivity index (χ3v) is 3.43. The van der Waals surface area contributed by atoms with Gasteiger partial charge in [-0.2, -0.15) is 0 Å². The molecule has 0 aromatic heterocycles. The molecular formula is C14H29NO. The van der Waals surface area contributed by atoms with Crippen LogP contribution in [0.1, 0.15) is 65.2 Å². The van der Waals surface area contributed by atoms with Gasteiger partial charge in [-0.1, -0.05) is 39.0 Å². The zero-order valence-corrected chi connectivity index (χ0v) is 11.1. The van der Waals surface area contributed by atoms with Gasteiger partial charge in [0, 0.05) is 12.6 Å². The fraction of sp³-hybridized carbons (Fsp3) is 1.00. The fourth-order valence-electron chi connectivity index (χ4n) is 2.37. The van der Waals surface area contributed by atoms with Crippen molar-refractivity contribution in [3.8, 4) is 0 Å². The molecule has 1 saturated heterocycles. The lowest BCUT2D eigenvalue weighted by atomic mass is 10.0. The maximum absolute atomic E-state index is 5.92. The molecule has 96 valence electrons. The zero-order valence-electron chi connectivity index (χ0n) is 11.1. The van der Waals surface area contributed by atoms with Gasteiger partial charge in [0.1, 0.15) is 0 Å². The van der Waals surface area contributed by atoms with E-state index in [0.29, 0.717) is 12.1 Å². The number of ether oxygens (including phenoxy) is 1. The molecule has 0 aliphatic carbocycles. The molecule has 1 aliphatic heterocycles. The van der Waals surface area contributed by atoms with Crippen molar-refractivity contribution in [2.24, 2.45) is 0 Å². The van der Waals surface area contributed by atoms with Crippen molar-refractivity contribution in [2.75, 3.05) is 13.2 Å². The predicted molar refractivity (Wildman–Crippen MR) is 69.8 cm³/mol. The van der Waals surface area contributed by atoms with Crippen LogP contribution in [0.4, 0.5) is 0 Å². The highest BCUT2D eigenvalue weighted by molar-refractivity contribution is 4.75. The van der Waals surface area contributed by atoms with Crippen LogP contribution in [0.2, 0.25) is 0 Å². The largest absolute Gasteiger partial charge is 0.378 e. The molecule has 0 bridgehead atoms. The SMILES string of the molecule is CCCCCCCCOC1CCNC(C)C1. The van der Waals surface area contributed by atoms with Crippen LogP contribution >= 0.6 is 0 Å². The molecule has 1 rings (SSSR count). The summed E-state index contributed by atoms with van der Waals surface area (Å²) in [7, 11) is 0. The zero-order chi connectivity index (χ0) is 11.6. The lowest BCUT2D eigenvalue weighted by Gasteiger charge is -2.28. The van der Waals surface area contributed by atoms with Gasteiger partial charge in [0.05, 0.1) is 6.10 Å². The summed E-state index contributed by atoms with van der Waals surface area (Å²) < 4.78 is 5.92. The van der Waals surface area contributed by atoms with Gasteiger partial charge >= 0.3 is 0 Å². The second kappa shape index (κ2) is 9.00. The Bertz CT molecular complexity index is 161. The van der Waals surface area contributed by atoms with Crippen molar-refractivity contribution in [3.63, 3.8) is 0 Å². The molecule has 0 aromatic carbocycles. The number of hydrogen-bond acceptors (Lipinski definition) is 2. The molecule has 0 aromatic rings. The third-order valence-electron chi connectivity index (χ3n) is 3.43. The van der Waals surface area contributed by atoms with E-state index in [1.807, 2.05) is 0 Å². The van der Waals surface area contributed by atoms with E-state index < -0.39 is 0 Å². The topological polar surface area (TPSA) is 21.3 Å². The van der Waals surface area contributed by atoms with Gasteiger partial charge in [0.15, 0.2) is 0 Å². The van der Waals surface area contributed by atoms with Crippen molar-refractivity contribution >= 4 is 0 Å².